The lowest BCUT2D eigenvalue weighted by Crippen LogP contribution is -2.34. The first-order valence-electron chi connectivity index (χ1n) is 10.4. The number of hydrogen-bond donors (Lipinski definition) is 5. The minimum Gasteiger partial charge on any atom is -0.397 e. The van der Waals surface area contributed by atoms with E-state index in [-0.39, 0.29) is 23.1 Å². The molecule has 4 aromatic rings. The summed E-state index contributed by atoms with van der Waals surface area (Å²) in [5.74, 6) is 0. The molecular weight excluding hydrogens is 416 g/mol. The van der Waals surface area contributed by atoms with Crippen molar-refractivity contribution in [3.05, 3.63) is 112 Å². The molecule has 0 radical (unpaired) electrons. The lowest BCUT2D eigenvalue weighted by molar-refractivity contribution is 0.240. The number of nitrogens with zero attached hydrogens (tertiary/aromatic N) is 1. The van der Waals surface area contributed by atoms with Gasteiger partial charge in [0.1, 0.15) is 0 Å². The number of hydrogen-bond acceptors (Lipinski definition) is 5. The predicted molar refractivity (Wildman–Crippen MR) is 130 cm³/mol. The van der Waals surface area contributed by atoms with Gasteiger partial charge in [0.2, 0.25) is 0 Å². The number of carbonyl (C=O) groups is 1. The van der Waals surface area contributed by atoms with Gasteiger partial charge in [-0.1, -0.05) is 60.7 Å². The van der Waals surface area contributed by atoms with E-state index in [1.807, 2.05) is 60.7 Å². The van der Waals surface area contributed by atoms with Crippen LogP contribution in [0, 0.1) is 0 Å². The Bertz CT molecular complexity index is 1380. The standard InChI is InChI=1S/C25H24N6O2/c26-21(22(27)23-24(32)31-20-12-5-4-11-19(20)30-23)18-10-6-9-17(13-18)15-29-25(33)28-14-16-7-2-1-3-8-16/h1-13H,14-15,26-27H2,(H,31,32)(H2,28,29,33)/b22-21+. The Hall–Kier alpha value is -4.59. The van der Waals surface area contributed by atoms with Gasteiger partial charge in [-0.15, -0.1) is 0 Å². The van der Waals surface area contributed by atoms with Crippen molar-refractivity contribution in [3.8, 4) is 0 Å². The summed E-state index contributed by atoms with van der Waals surface area (Å²) in [6.45, 7) is 0.739. The van der Waals surface area contributed by atoms with Gasteiger partial charge in [-0.05, 0) is 34.9 Å². The van der Waals surface area contributed by atoms with Crippen molar-refractivity contribution in [2.45, 2.75) is 13.1 Å². The maximum absolute atomic E-state index is 12.5. The van der Waals surface area contributed by atoms with Crippen molar-refractivity contribution in [3.63, 3.8) is 0 Å². The number of aromatic nitrogens is 2. The Balaban J connectivity index is 1.47. The molecule has 0 bridgehead atoms. The van der Waals surface area contributed by atoms with Crippen LogP contribution in [0.3, 0.4) is 0 Å². The number of aromatic amines is 1. The zero-order valence-electron chi connectivity index (χ0n) is 17.8. The van der Waals surface area contributed by atoms with E-state index in [2.05, 4.69) is 20.6 Å². The molecule has 166 valence electrons. The number of H-pyrrole nitrogens is 1. The van der Waals surface area contributed by atoms with Gasteiger partial charge < -0.3 is 27.1 Å². The highest BCUT2D eigenvalue weighted by Gasteiger charge is 2.13. The zero-order chi connectivity index (χ0) is 23.2. The first kappa shape index (κ1) is 21.6. The highest BCUT2D eigenvalue weighted by Crippen LogP contribution is 2.18. The molecule has 0 spiro atoms. The molecule has 8 nitrogen and oxygen atoms in total. The lowest BCUT2D eigenvalue weighted by atomic mass is 10.1. The minimum absolute atomic E-state index is 0.0648. The number of fused-ring (bicyclic) bond motifs is 1. The summed E-state index contributed by atoms with van der Waals surface area (Å²) in [6.07, 6.45) is 0. The molecule has 0 atom stereocenters. The van der Waals surface area contributed by atoms with E-state index in [1.54, 1.807) is 18.2 Å². The summed E-state index contributed by atoms with van der Waals surface area (Å²) in [5, 5.41) is 5.64. The second-order valence-corrected chi connectivity index (χ2v) is 7.48. The normalized spacial score (nSPS) is 11.6. The maximum atomic E-state index is 12.5. The number of rotatable bonds is 6. The zero-order valence-corrected chi connectivity index (χ0v) is 17.8. The quantitative estimate of drug-likeness (QED) is 0.314. The molecule has 0 saturated heterocycles. The molecule has 0 unspecified atom stereocenters. The number of nitrogens with one attached hydrogen (secondary N) is 3. The van der Waals surface area contributed by atoms with Gasteiger partial charge in [0.25, 0.3) is 5.56 Å². The molecule has 2 amide bonds. The van der Waals surface area contributed by atoms with Gasteiger partial charge >= 0.3 is 6.03 Å². The molecule has 0 aliphatic heterocycles. The van der Waals surface area contributed by atoms with Crippen LogP contribution in [0.4, 0.5) is 4.79 Å². The third kappa shape index (κ3) is 5.19. The van der Waals surface area contributed by atoms with Crippen LogP contribution in [-0.2, 0) is 13.1 Å². The molecule has 4 rings (SSSR count). The fourth-order valence-corrected chi connectivity index (χ4v) is 3.37. The smallest absolute Gasteiger partial charge is 0.315 e. The maximum Gasteiger partial charge on any atom is 0.315 e. The van der Waals surface area contributed by atoms with Crippen molar-refractivity contribution in [1.82, 2.24) is 20.6 Å². The summed E-state index contributed by atoms with van der Waals surface area (Å²) in [5.41, 5.74) is 16.2. The van der Waals surface area contributed by atoms with E-state index in [9.17, 15) is 9.59 Å². The highest BCUT2D eigenvalue weighted by molar-refractivity contribution is 5.88. The number of urea groups is 1. The number of nitrogens with two attached hydrogens (primary N) is 2. The Morgan fingerprint density at radius 2 is 1.48 bits per heavy atom. The van der Waals surface area contributed by atoms with E-state index in [4.69, 9.17) is 11.5 Å². The van der Waals surface area contributed by atoms with Gasteiger partial charge in [-0.2, -0.15) is 0 Å². The van der Waals surface area contributed by atoms with Gasteiger partial charge in [-0.25, -0.2) is 9.78 Å². The van der Waals surface area contributed by atoms with Gasteiger partial charge in [-0.3, -0.25) is 4.79 Å². The Morgan fingerprint density at radius 1 is 0.818 bits per heavy atom. The summed E-state index contributed by atoms with van der Waals surface area (Å²) >= 11 is 0. The molecule has 1 aromatic heterocycles. The fourth-order valence-electron chi connectivity index (χ4n) is 3.37. The Labute approximate surface area is 190 Å². The number of benzene rings is 3. The first-order valence-corrected chi connectivity index (χ1v) is 10.4. The third-order valence-electron chi connectivity index (χ3n) is 5.13. The average molecular weight is 441 g/mol. The van der Waals surface area contributed by atoms with Crippen molar-refractivity contribution < 1.29 is 4.79 Å². The van der Waals surface area contributed by atoms with Gasteiger partial charge in [0, 0.05) is 13.1 Å². The molecule has 0 aliphatic carbocycles. The second kappa shape index (κ2) is 9.69. The van der Waals surface area contributed by atoms with E-state index in [1.165, 1.54) is 0 Å². The molecule has 1 heterocycles. The SMILES string of the molecule is N/C(=C(/N)c1nc2ccccc2[nH]c1=O)c1cccc(CNC(=O)NCc2ccccc2)c1. The minimum atomic E-state index is -0.415. The third-order valence-corrected chi connectivity index (χ3v) is 5.13. The van der Waals surface area contributed by atoms with E-state index >= 15 is 0 Å². The monoisotopic (exact) mass is 440 g/mol. The Kier molecular flexibility index (Phi) is 6.36. The Morgan fingerprint density at radius 3 is 2.27 bits per heavy atom. The molecule has 8 heteroatoms. The van der Waals surface area contributed by atoms with Crippen LogP contribution < -0.4 is 27.7 Å². The lowest BCUT2D eigenvalue weighted by Gasteiger charge is -2.11. The fraction of sp³-hybridized carbons (Fsp3) is 0.0800. The summed E-state index contributed by atoms with van der Waals surface area (Å²) < 4.78 is 0. The molecule has 3 aromatic carbocycles. The molecular formula is C25H24N6O2. The second-order valence-electron chi connectivity index (χ2n) is 7.48. The molecule has 0 aliphatic rings. The van der Waals surface area contributed by atoms with Gasteiger partial charge in [0.05, 0.1) is 22.4 Å². The van der Waals surface area contributed by atoms with Crippen LogP contribution >= 0.6 is 0 Å². The molecule has 0 fully saturated rings. The topological polar surface area (TPSA) is 139 Å². The van der Waals surface area contributed by atoms with Crippen molar-refractivity contribution in [2.24, 2.45) is 11.5 Å². The average Bonchev–Trinajstić information content (AvgIpc) is 2.85. The summed E-state index contributed by atoms with van der Waals surface area (Å²) in [4.78, 5) is 31.7. The highest BCUT2D eigenvalue weighted by atomic mass is 16.2. The molecule has 7 N–H and O–H groups in total. The van der Waals surface area contributed by atoms with Crippen LogP contribution in [0.25, 0.3) is 22.4 Å². The number of amides is 2. The van der Waals surface area contributed by atoms with Crippen LogP contribution in [0.15, 0.2) is 83.7 Å². The number of para-hydroxylation sites is 2. The first-order chi connectivity index (χ1) is 16.0. The summed E-state index contributed by atoms with van der Waals surface area (Å²) in [7, 11) is 0. The van der Waals surface area contributed by atoms with Crippen LogP contribution in [0.2, 0.25) is 0 Å². The van der Waals surface area contributed by atoms with E-state index < -0.39 is 5.56 Å². The number of carbonyl (C=O) groups excluding carboxylic acids is 1. The van der Waals surface area contributed by atoms with Gasteiger partial charge in [0.15, 0.2) is 5.69 Å². The largest absolute Gasteiger partial charge is 0.397 e. The van der Waals surface area contributed by atoms with Crippen molar-refractivity contribution >= 4 is 28.5 Å². The summed E-state index contributed by atoms with van der Waals surface area (Å²) in [6, 6.07) is 23.9. The predicted octanol–water partition coefficient (Wildman–Crippen LogP) is 2.67. The molecule has 0 saturated carbocycles. The van der Waals surface area contributed by atoms with Crippen molar-refractivity contribution in [2.75, 3.05) is 0 Å². The van der Waals surface area contributed by atoms with Crippen LogP contribution in [0.1, 0.15) is 22.4 Å². The molecule has 33 heavy (non-hydrogen) atoms. The van der Waals surface area contributed by atoms with Crippen LogP contribution in [-0.4, -0.2) is 16.0 Å². The van der Waals surface area contributed by atoms with Crippen molar-refractivity contribution in [1.29, 1.82) is 0 Å². The van der Waals surface area contributed by atoms with E-state index in [0.29, 0.717) is 29.7 Å². The van der Waals surface area contributed by atoms with E-state index in [0.717, 1.165) is 11.1 Å². The van der Waals surface area contributed by atoms with Crippen LogP contribution in [0.5, 0.6) is 0 Å².